The molecule has 0 saturated carbocycles. The molecule has 0 aliphatic carbocycles. The van der Waals surface area contributed by atoms with Crippen molar-refractivity contribution in [3.05, 3.63) is 0 Å². The van der Waals surface area contributed by atoms with E-state index in [1.807, 2.05) is 0 Å². The van der Waals surface area contributed by atoms with Gasteiger partial charge in [0.15, 0.2) is 0 Å². The van der Waals surface area contributed by atoms with E-state index >= 15 is 0 Å². The van der Waals surface area contributed by atoms with Crippen molar-refractivity contribution in [2.24, 2.45) is 5.73 Å². The number of carbonyl (C=O) groups is 1. The van der Waals surface area contributed by atoms with Gasteiger partial charge >= 0.3 is 0 Å². The zero-order valence-corrected chi connectivity index (χ0v) is 5.84. The van der Waals surface area contributed by atoms with Gasteiger partial charge < -0.3 is 11.1 Å². The summed E-state index contributed by atoms with van der Waals surface area (Å²) in [4.78, 5) is 10.4. The molecule has 10 heavy (non-hydrogen) atoms. The molecule has 1 saturated heterocycles. The van der Waals surface area contributed by atoms with Crippen LogP contribution in [-0.2, 0) is 4.79 Å². The van der Waals surface area contributed by atoms with Gasteiger partial charge in [-0.2, -0.15) is 0 Å². The highest BCUT2D eigenvalue weighted by Crippen LogP contribution is 1.93. The smallest absolute Gasteiger partial charge is 0.219 e. The van der Waals surface area contributed by atoms with Gasteiger partial charge in [0.05, 0.1) is 0 Å². The van der Waals surface area contributed by atoms with E-state index in [4.69, 9.17) is 5.73 Å². The number of nitrogens with one attached hydrogen (secondary N) is 1. The molecular weight excluding hydrogens is 130 g/mol. The number of nitrogens with two attached hydrogens (primary N) is 1. The van der Waals surface area contributed by atoms with Crippen LogP contribution in [0.4, 0.5) is 0 Å². The van der Waals surface area contributed by atoms with Crippen molar-refractivity contribution in [1.82, 2.24) is 10.6 Å². The first-order valence-electron chi connectivity index (χ1n) is 3.44. The Kier molecular flexibility index (Phi) is 2.65. The number of hydrogen-bond acceptors (Lipinski definition) is 2. The molecule has 0 aromatic heterocycles. The normalized spacial score (nSPS) is 26.2. The number of piperazine rings is 1. The Bertz CT molecular complexity index is 120. The zero-order valence-electron chi connectivity index (χ0n) is 5.84. The van der Waals surface area contributed by atoms with Gasteiger partial charge in [0.2, 0.25) is 5.91 Å². The first kappa shape index (κ1) is 7.50. The quantitative estimate of drug-likeness (QED) is 0.489. The summed E-state index contributed by atoms with van der Waals surface area (Å²) in [6.45, 7) is 2.52. The average Bonchev–Trinajstić information content (AvgIpc) is 1.88. The maximum Gasteiger partial charge on any atom is 0.219 e. The highest BCUT2D eigenvalue weighted by atomic mass is 16.1. The molecule has 0 bridgehead atoms. The largest absolute Gasteiger partial charge is 0.370 e. The van der Waals surface area contributed by atoms with Gasteiger partial charge in [0.25, 0.3) is 0 Å². The number of primary amides is 1. The molecule has 1 aliphatic rings. The highest BCUT2D eigenvalue weighted by molar-refractivity contribution is 5.74. The summed E-state index contributed by atoms with van der Waals surface area (Å²) in [5, 5.41) is 7.34. The highest BCUT2D eigenvalue weighted by Gasteiger charge is 2.14. The fraction of sp³-hybridized carbons (Fsp3) is 0.833. The van der Waals surface area contributed by atoms with Gasteiger partial charge in [0.1, 0.15) is 0 Å². The molecule has 1 atom stereocenters. The van der Waals surface area contributed by atoms with Crippen molar-refractivity contribution >= 4 is 5.91 Å². The monoisotopic (exact) mass is 142 g/mol. The zero-order chi connectivity index (χ0) is 7.40. The number of carbonyl (C=O) groups excluding carboxylic acids is 1. The molecule has 1 rings (SSSR count). The second-order valence-corrected chi connectivity index (χ2v) is 2.43. The molecule has 4 nitrogen and oxygen atoms in total. The van der Waals surface area contributed by atoms with Gasteiger partial charge in [-0.15, -0.1) is 0 Å². The summed E-state index contributed by atoms with van der Waals surface area (Å²) in [6, 6.07) is 0.117. The van der Waals surface area contributed by atoms with Gasteiger partial charge in [0, 0.05) is 32.1 Å². The van der Waals surface area contributed by atoms with Crippen molar-refractivity contribution in [2.45, 2.75) is 12.5 Å². The summed E-state index contributed by atoms with van der Waals surface area (Å²) in [5.74, 6) is -0.266. The lowest BCUT2D eigenvalue weighted by molar-refractivity contribution is -0.118. The Morgan fingerprint density at radius 3 is 3.10 bits per heavy atom. The van der Waals surface area contributed by atoms with E-state index in [2.05, 4.69) is 10.6 Å². The maximum atomic E-state index is 10.4. The Morgan fingerprint density at radius 1 is 1.80 bits per heavy atom. The van der Waals surface area contributed by atoms with E-state index < -0.39 is 0 Å². The summed E-state index contributed by atoms with van der Waals surface area (Å²) < 4.78 is 0. The van der Waals surface area contributed by atoms with Crippen LogP contribution in [0, 0.1) is 0 Å². The minimum Gasteiger partial charge on any atom is -0.370 e. The summed E-state index contributed by atoms with van der Waals surface area (Å²) in [7, 11) is 0. The van der Waals surface area contributed by atoms with Gasteiger partial charge in [-0.3, -0.25) is 4.79 Å². The molecular formula is C6H12N3O. The number of hydrogen-bond donors (Lipinski definition) is 2. The first-order chi connectivity index (χ1) is 4.79. The second-order valence-electron chi connectivity index (χ2n) is 2.43. The molecule has 0 aromatic rings. The predicted molar refractivity (Wildman–Crippen MR) is 37.5 cm³/mol. The summed E-state index contributed by atoms with van der Waals surface area (Å²) in [5.41, 5.74) is 5.00. The average molecular weight is 142 g/mol. The fourth-order valence-corrected chi connectivity index (χ4v) is 1.03. The second kappa shape index (κ2) is 3.53. The summed E-state index contributed by atoms with van der Waals surface area (Å²) >= 11 is 0. The Labute approximate surface area is 60.2 Å². The number of nitrogens with zero attached hydrogens (tertiary/aromatic N) is 1. The Balaban J connectivity index is 2.19. The molecule has 0 aromatic carbocycles. The Morgan fingerprint density at radius 2 is 2.60 bits per heavy atom. The van der Waals surface area contributed by atoms with Gasteiger partial charge in [-0.25, -0.2) is 5.32 Å². The number of amides is 1. The lowest BCUT2D eigenvalue weighted by atomic mass is 10.1. The maximum absolute atomic E-state index is 10.4. The summed E-state index contributed by atoms with van der Waals surface area (Å²) in [6.07, 6.45) is 0.382. The van der Waals surface area contributed by atoms with Crippen LogP contribution >= 0.6 is 0 Å². The fourth-order valence-electron chi connectivity index (χ4n) is 1.03. The SMILES string of the molecule is NC(=O)CC1CNCC[N]1. The van der Waals surface area contributed by atoms with Crippen molar-refractivity contribution in [2.75, 3.05) is 19.6 Å². The van der Waals surface area contributed by atoms with Crippen molar-refractivity contribution < 1.29 is 4.79 Å². The van der Waals surface area contributed by atoms with Crippen LogP contribution in [-0.4, -0.2) is 31.6 Å². The molecule has 3 N–H and O–H groups in total. The third-order valence-electron chi connectivity index (χ3n) is 1.49. The third-order valence-corrected chi connectivity index (χ3v) is 1.49. The first-order valence-corrected chi connectivity index (χ1v) is 3.44. The predicted octanol–water partition coefficient (Wildman–Crippen LogP) is -1.56. The molecule has 0 spiro atoms. The van der Waals surface area contributed by atoms with Gasteiger partial charge in [-0.1, -0.05) is 0 Å². The van der Waals surface area contributed by atoms with Crippen LogP contribution in [0.25, 0.3) is 0 Å². The van der Waals surface area contributed by atoms with E-state index in [1.165, 1.54) is 0 Å². The van der Waals surface area contributed by atoms with Crippen molar-refractivity contribution in [1.29, 1.82) is 0 Å². The molecule has 1 amide bonds. The van der Waals surface area contributed by atoms with Crippen LogP contribution in [0.15, 0.2) is 0 Å². The van der Waals surface area contributed by atoms with Crippen LogP contribution in [0.5, 0.6) is 0 Å². The molecule has 4 heteroatoms. The van der Waals surface area contributed by atoms with Crippen LogP contribution in [0.2, 0.25) is 0 Å². The van der Waals surface area contributed by atoms with Crippen LogP contribution < -0.4 is 16.4 Å². The van der Waals surface area contributed by atoms with E-state index in [0.29, 0.717) is 6.42 Å². The molecule has 1 radical (unpaired) electrons. The van der Waals surface area contributed by atoms with Crippen molar-refractivity contribution in [3.63, 3.8) is 0 Å². The Hall–Kier alpha value is -0.610. The van der Waals surface area contributed by atoms with E-state index in [1.54, 1.807) is 0 Å². The lowest BCUT2D eigenvalue weighted by Gasteiger charge is -2.20. The molecule has 1 aliphatic heterocycles. The van der Waals surface area contributed by atoms with Crippen molar-refractivity contribution in [3.8, 4) is 0 Å². The lowest BCUT2D eigenvalue weighted by Crippen LogP contribution is -2.45. The third kappa shape index (κ3) is 2.33. The topological polar surface area (TPSA) is 69.2 Å². The molecule has 1 unspecified atom stereocenters. The van der Waals surface area contributed by atoms with E-state index in [0.717, 1.165) is 19.6 Å². The number of rotatable bonds is 2. The van der Waals surface area contributed by atoms with Crippen LogP contribution in [0.1, 0.15) is 6.42 Å². The molecule has 1 fully saturated rings. The van der Waals surface area contributed by atoms with E-state index in [9.17, 15) is 4.79 Å². The molecule has 1 heterocycles. The minimum atomic E-state index is -0.266. The minimum absolute atomic E-state index is 0.117. The molecule has 57 valence electrons. The standard InChI is InChI=1S/C6H12N3O/c7-6(10)3-5-4-8-1-2-9-5/h5,8H,1-4H2,(H2,7,10). The van der Waals surface area contributed by atoms with E-state index in [-0.39, 0.29) is 11.9 Å². The van der Waals surface area contributed by atoms with Crippen LogP contribution in [0.3, 0.4) is 0 Å². The van der Waals surface area contributed by atoms with Gasteiger partial charge in [-0.05, 0) is 0 Å².